The highest BCUT2D eigenvalue weighted by Crippen LogP contribution is 2.34. The molecule has 2 amide bonds. The highest BCUT2D eigenvalue weighted by Gasteiger charge is 2.34. The smallest absolute Gasteiger partial charge is 0.254 e. The quantitative estimate of drug-likeness (QED) is 0.390. The van der Waals surface area contributed by atoms with Crippen molar-refractivity contribution < 1.29 is 23.5 Å². The Bertz CT molecular complexity index is 1200. The van der Waals surface area contributed by atoms with Crippen molar-refractivity contribution in [3.8, 4) is 11.5 Å². The number of thiophene rings is 1. The maximum absolute atomic E-state index is 14.2. The molecule has 190 valence electrons. The zero-order chi connectivity index (χ0) is 25.7. The summed E-state index contributed by atoms with van der Waals surface area (Å²) in [7, 11) is 1.57. The number of para-hydroxylation sites is 1. The largest absolute Gasteiger partial charge is 0.497 e. The minimum Gasteiger partial charge on any atom is -0.497 e. The van der Waals surface area contributed by atoms with Crippen molar-refractivity contribution >= 4 is 23.2 Å². The van der Waals surface area contributed by atoms with E-state index in [1.165, 1.54) is 10.9 Å². The number of rotatable bonds is 9. The molecule has 36 heavy (non-hydrogen) atoms. The van der Waals surface area contributed by atoms with Crippen LogP contribution in [0.4, 0.5) is 4.39 Å². The minimum atomic E-state index is -0.440. The molecule has 0 saturated carbocycles. The minimum absolute atomic E-state index is 0.0461. The van der Waals surface area contributed by atoms with Crippen LogP contribution in [0.3, 0.4) is 0 Å². The average molecular weight is 511 g/mol. The summed E-state index contributed by atoms with van der Waals surface area (Å²) in [6.45, 7) is 4.54. The number of benzene rings is 2. The summed E-state index contributed by atoms with van der Waals surface area (Å²) in [5, 5.41) is 2.01. The van der Waals surface area contributed by atoms with Crippen LogP contribution in [-0.4, -0.2) is 54.5 Å². The molecule has 0 radical (unpaired) electrons. The Kier molecular flexibility index (Phi) is 8.25. The van der Waals surface area contributed by atoms with Crippen LogP contribution in [0.25, 0.3) is 0 Å². The molecule has 1 aliphatic heterocycles. The van der Waals surface area contributed by atoms with Gasteiger partial charge in [0.2, 0.25) is 5.91 Å². The van der Waals surface area contributed by atoms with Crippen LogP contribution in [0.5, 0.6) is 11.5 Å². The van der Waals surface area contributed by atoms with Crippen LogP contribution in [0, 0.1) is 5.82 Å². The summed E-state index contributed by atoms with van der Waals surface area (Å²) < 4.78 is 25.2. The highest BCUT2D eigenvalue weighted by molar-refractivity contribution is 7.10. The zero-order valence-corrected chi connectivity index (χ0v) is 21.6. The third-order valence-electron chi connectivity index (χ3n) is 6.67. The average Bonchev–Trinajstić information content (AvgIpc) is 3.39. The van der Waals surface area contributed by atoms with Gasteiger partial charge in [-0.2, -0.15) is 0 Å². The lowest BCUT2D eigenvalue weighted by molar-refractivity contribution is -0.136. The van der Waals surface area contributed by atoms with Gasteiger partial charge in [0.05, 0.1) is 13.2 Å². The lowest BCUT2D eigenvalue weighted by atomic mass is 10.00. The van der Waals surface area contributed by atoms with Crippen LogP contribution >= 0.6 is 11.3 Å². The molecule has 2 heterocycles. The molecule has 2 unspecified atom stereocenters. The van der Waals surface area contributed by atoms with Crippen LogP contribution in [0.15, 0.2) is 60.0 Å². The van der Waals surface area contributed by atoms with E-state index in [4.69, 9.17) is 9.47 Å². The standard InChI is InChI=1S/C28H31FN2O4S/c1-4-19(2)31(28(33)20-9-11-21(34-3)12-10-20)17-27(32)30-15-13-26-22(14-16-36-26)24(30)18-35-25-8-6-5-7-23(25)29/h5-12,14,16,19,24H,4,13,15,17-18H2,1-3H3. The van der Waals surface area contributed by atoms with Crippen LogP contribution < -0.4 is 9.47 Å². The van der Waals surface area contributed by atoms with E-state index in [2.05, 4.69) is 0 Å². The van der Waals surface area contributed by atoms with Gasteiger partial charge in [0.25, 0.3) is 5.91 Å². The molecule has 1 aliphatic rings. The lowest BCUT2D eigenvalue weighted by Crippen LogP contribution is -2.49. The van der Waals surface area contributed by atoms with Gasteiger partial charge >= 0.3 is 0 Å². The lowest BCUT2D eigenvalue weighted by Gasteiger charge is -2.38. The van der Waals surface area contributed by atoms with Crippen LogP contribution in [-0.2, 0) is 11.2 Å². The molecule has 0 bridgehead atoms. The van der Waals surface area contributed by atoms with E-state index < -0.39 is 5.82 Å². The summed E-state index contributed by atoms with van der Waals surface area (Å²) in [5.41, 5.74) is 1.52. The van der Waals surface area contributed by atoms with Crippen LogP contribution in [0.2, 0.25) is 0 Å². The second-order valence-corrected chi connectivity index (χ2v) is 9.81. The van der Waals surface area contributed by atoms with E-state index in [1.54, 1.807) is 70.7 Å². The summed E-state index contributed by atoms with van der Waals surface area (Å²) in [6, 6.07) is 14.7. The van der Waals surface area contributed by atoms with Gasteiger partial charge in [0, 0.05) is 23.0 Å². The molecule has 2 atom stereocenters. The number of nitrogens with zero attached hydrogens (tertiary/aromatic N) is 2. The van der Waals surface area contributed by atoms with Gasteiger partial charge in [-0.15, -0.1) is 11.3 Å². The number of amides is 2. The number of methoxy groups -OCH3 is 1. The molecule has 0 spiro atoms. The maximum atomic E-state index is 14.2. The third kappa shape index (κ3) is 5.54. The Morgan fingerprint density at radius 3 is 2.61 bits per heavy atom. The van der Waals surface area contributed by atoms with E-state index >= 15 is 0 Å². The number of fused-ring (bicyclic) bond motifs is 1. The summed E-state index contributed by atoms with van der Waals surface area (Å²) in [6.07, 6.45) is 1.45. The van der Waals surface area contributed by atoms with Crippen molar-refractivity contribution in [3.63, 3.8) is 0 Å². The summed E-state index contributed by atoms with van der Waals surface area (Å²) in [5.74, 6) is 0.0205. The first-order valence-corrected chi connectivity index (χ1v) is 13.0. The number of ether oxygens (including phenoxy) is 2. The zero-order valence-electron chi connectivity index (χ0n) is 20.8. The predicted molar refractivity (Wildman–Crippen MR) is 138 cm³/mol. The molecular weight excluding hydrogens is 479 g/mol. The molecule has 0 N–H and O–H groups in total. The first kappa shape index (κ1) is 25.7. The van der Waals surface area contributed by atoms with Crippen molar-refractivity contribution in [2.75, 3.05) is 26.8 Å². The Balaban J connectivity index is 1.55. The van der Waals surface area contributed by atoms with E-state index in [0.29, 0.717) is 24.3 Å². The van der Waals surface area contributed by atoms with Crippen molar-refractivity contribution in [2.45, 2.75) is 38.8 Å². The van der Waals surface area contributed by atoms with E-state index in [9.17, 15) is 14.0 Å². The Morgan fingerprint density at radius 2 is 1.92 bits per heavy atom. The van der Waals surface area contributed by atoms with Gasteiger partial charge in [-0.05, 0) is 73.2 Å². The molecule has 6 nitrogen and oxygen atoms in total. The van der Waals surface area contributed by atoms with Crippen molar-refractivity contribution in [1.29, 1.82) is 0 Å². The first-order valence-electron chi connectivity index (χ1n) is 12.1. The number of carbonyl (C=O) groups is 2. The molecule has 0 saturated heterocycles. The normalized spacial score (nSPS) is 15.7. The fourth-order valence-corrected chi connectivity index (χ4v) is 5.32. The second-order valence-electron chi connectivity index (χ2n) is 8.81. The summed E-state index contributed by atoms with van der Waals surface area (Å²) in [4.78, 5) is 31.7. The second kappa shape index (κ2) is 11.6. The van der Waals surface area contributed by atoms with Crippen molar-refractivity contribution in [2.24, 2.45) is 0 Å². The molecule has 1 aromatic heterocycles. The van der Waals surface area contributed by atoms with Gasteiger partial charge < -0.3 is 19.3 Å². The third-order valence-corrected chi connectivity index (χ3v) is 7.67. The van der Waals surface area contributed by atoms with Gasteiger partial charge in [-0.1, -0.05) is 19.1 Å². The topological polar surface area (TPSA) is 59.1 Å². The molecule has 0 fully saturated rings. The number of hydrogen-bond donors (Lipinski definition) is 0. The fourth-order valence-electron chi connectivity index (χ4n) is 4.39. The first-order chi connectivity index (χ1) is 17.4. The van der Waals surface area contributed by atoms with Gasteiger partial charge in [0.1, 0.15) is 18.9 Å². The fraction of sp³-hybridized carbons (Fsp3) is 0.357. The van der Waals surface area contributed by atoms with E-state index in [-0.39, 0.29) is 42.8 Å². The van der Waals surface area contributed by atoms with Crippen LogP contribution in [0.1, 0.15) is 47.1 Å². The summed E-state index contributed by atoms with van der Waals surface area (Å²) >= 11 is 1.65. The molecule has 8 heteroatoms. The predicted octanol–water partition coefficient (Wildman–Crippen LogP) is 5.34. The van der Waals surface area contributed by atoms with E-state index in [0.717, 1.165) is 12.0 Å². The van der Waals surface area contributed by atoms with Gasteiger partial charge in [-0.25, -0.2) is 4.39 Å². The van der Waals surface area contributed by atoms with Crippen molar-refractivity contribution in [3.05, 3.63) is 81.8 Å². The highest BCUT2D eigenvalue weighted by atomic mass is 32.1. The SMILES string of the molecule is CCC(C)N(CC(=O)N1CCc2sccc2C1COc1ccccc1F)C(=O)c1ccc(OC)cc1. The number of halogens is 1. The maximum Gasteiger partial charge on any atom is 0.254 e. The monoisotopic (exact) mass is 510 g/mol. The molecular formula is C28H31FN2O4S. The van der Waals surface area contributed by atoms with Gasteiger partial charge in [-0.3, -0.25) is 9.59 Å². The Hall–Kier alpha value is -3.39. The molecule has 4 rings (SSSR count). The number of carbonyl (C=O) groups excluding carboxylic acids is 2. The Morgan fingerprint density at radius 1 is 1.17 bits per heavy atom. The number of hydrogen-bond acceptors (Lipinski definition) is 5. The van der Waals surface area contributed by atoms with E-state index in [1.807, 2.05) is 25.3 Å². The molecule has 2 aromatic carbocycles. The Labute approximate surface area is 215 Å². The molecule has 0 aliphatic carbocycles. The molecule has 3 aromatic rings. The van der Waals surface area contributed by atoms with Crippen molar-refractivity contribution in [1.82, 2.24) is 9.80 Å². The van der Waals surface area contributed by atoms with Gasteiger partial charge in [0.15, 0.2) is 11.6 Å².